The molecule has 1 saturated heterocycles. The Kier molecular flexibility index (Phi) is 3.67. The molecule has 1 aliphatic heterocycles. The molecular formula is C15H19F2N3O. The molecule has 0 aromatic heterocycles. The van der Waals surface area contributed by atoms with E-state index in [1.54, 1.807) is 4.90 Å². The molecule has 0 bridgehead atoms. The molecule has 0 spiro atoms. The highest BCUT2D eigenvalue weighted by Gasteiger charge is 2.33. The van der Waals surface area contributed by atoms with Gasteiger partial charge in [-0.05, 0) is 36.1 Å². The summed E-state index contributed by atoms with van der Waals surface area (Å²) in [4.78, 5) is 13.7. The summed E-state index contributed by atoms with van der Waals surface area (Å²) in [5.41, 5.74) is 13.3. The lowest BCUT2D eigenvalue weighted by Gasteiger charge is -2.37. The Hall–Kier alpha value is -1.53. The monoisotopic (exact) mass is 295 g/mol. The number of nitrogens with zero attached hydrogens (tertiary/aromatic N) is 1. The van der Waals surface area contributed by atoms with Crippen molar-refractivity contribution in [1.82, 2.24) is 4.90 Å². The van der Waals surface area contributed by atoms with Gasteiger partial charge in [0.2, 0.25) is 5.91 Å². The molecule has 2 aliphatic rings. The van der Waals surface area contributed by atoms with E-state index >= 15 is 0 Å². The Morgan fingerprint density at radius 3 is 2.67 bits per heavy atom. The number of nitrogens with two attached hydrogens (primary N) is 2. The maximum Gasteiger partial charge on any atom is 0.224 e. The van der Waals surface area contributed by atoms with E-state index in [0.717, 1.165) is 17.5 Å². The number of likely N-dealkylation sites (tertiary alicyclic amines) is 1. The fourth-order valence-electron chi connectivity index (χ4n) is 3.27. The number of carbonyl (C=O) groups is 1. The quantitative estimate of drug-likeness (QED) is 0.869. The molecule has 114 valence electrons. The van der Waals surface area contributed by atoms with E-state index in [1.807, 2.05) is 0 Å². The Labute approximate surface area is 122 Å². The molecule has 1 aromatic carbocycles. The van der Waals surface area contributed by atoms with Crippen LogP contribution in [0.4, 0.5) is 8.78 Å². The van der Waals surface area contributed by atoms with Crippen molar-refractivity contribution in [3.8, 4) is 0 Å². The largest absolute Gasteiger partial charge is 0.339 e. The maximum atomic E-state index is 13.4. The third kappa shape index (κ3) is 2.65. The first-order chi connectivity index (χ1) is 9.95. The van der Waals surface area contributed by atoms with Crippen LogP contribution in [-0.4, -0.2) is 36.0 Å². The molecule has 1 amide bonds. The van der Waals surface area contributed by atoms with Gasteiger partial charge in [0.25, 0.3) is 0 Å². The lowest BCUT2D eigenvalue weighted by molar-refractivity contribution is -0.135. The van der Waals surface area contributed by atoms with Crippen molar-refractivity contribution in [2.24, 2.45) is 11.5 Å². The first kappa shape index (κ1) is 14.4. The first-order valence-corrected chi connectivity index (χ1v) is 7.22. The van der Waals surface area contributed by atoms with Crippen molar-refractivity contribution in [1.29, 1.82) is 0 Å². The van der Waals surface area contributed by atoms with E-state index in [4.69, 9.17) is 11.5 Å². The molecule has 1 heterocycles. The summed E-state index contributed by atoms with van der Waals surface area (Å²) in [6.45, 7) is 1.15. The zero-order chi connectivity index (χ0) is 15.1. The highest BCUT2D eigenvalue weighted by Crippen LogP contribution is 2.37. The minimum atomic E-state index is -0.854. The van der Waals surface area contributed by atoms with Gasteiger partial charge in [0.15, 0.2) is 11.6 Å². The summed E-state index contributed by atoms with van der Waals surface area (Å²) in [7, 11) is 0. The average Bonchev–Trinajstić information content (AvgIpc) is 2.78. The Morgan fingerprint density at radius 1 is 1.33 bits per heavy atom. The molecule has 2 unspecified atom stereocenters. The van der Waals surface area contributed by atoms with Gasteiger partial charge in [-0.25, -0.2) is 8.78 Å². The van der Waals surface area contributed by atoms with Crippen molar-refractivity contribution in [2.45, 2.75) is 37.3 Å². The van der Waals surface area contributed by atoms with Crippen LogP contribution in [0.2, 0.25) is 0 Å². The van der Waals surface area contributed by atoms with Crippen molar-refractivity contribution in [3.63, 3.8) is 0 Å². The van der Waals surface area contributed by atoms with Crippen molar-refractivity contribution >= 4 is 5.91 Å². The summed E-state index contributed by atoms with van der Waals surface area (Å²) in [6.07, 6.45) is 1.62. The van der Waals surface area contributed by atoms with Gasteiger partial charge >= 0.3 is 0 Å². The minimum absolute atomic E-state index is 0.0137. The van der Waals surface area contributed by atoms with E-state index in [1.165, 1.54) is 12.1 Å². The van der Waals surface area contributed by atoms with Gasteiger partial charge < -0.3 is 16.4 Å². The standard InChI is InChI=1S/C15H19F2N3O/c16-12-3-8-1-2-10(11(8)4-13(12)17)14(19)5-15(21)20-6-9(18)7-20/h3-4,9-10,14H,1-2,5-7,18-19H2. The predicted molar refractivity (Wildman–Crippen MR) is 74.6 cm³/mol. The normalized spacial score (nSPS) is 22.9. The number of rotatable bonds is 3. The highest BCUT2D eigenvalue weighted by atomic mass is 19.2. The molecule has 4 N–H and O–H groups in total. The Balaban J connectivity index is 1.69. The molecule has 2 atom stereocenters. The maximum absolute atomic E-state index is 13.4. The Bertz CT molecular complexity index is 572. The van der Waals surface area contributed by atoms with Gasteiger partial charge in [-0.2, -0.15) is 0 Å². The van der Waals surface area contributed by atoms with Crippen molar-refractivity contribution < 1.29 is 13.6 Å². The van der Waals surface area contributed by atoms with Crippen molar-refractivity contribution in [3.05, 3.63) is 34.9 Å². The molecule has 1 aliphatic carbocycles. The summed E-state index contributed by atoms with van der Waals surface area (Å²) in [5, 5.41) is 0. The van der Waals surface area contributed by atoms with E-state index in [2.05, 4.69) is 0 Å². The van der Waals surface area contributed by atoms with E-state index < -0.39 is 11.6 Å². The van der Waals surface area contributed by atoms with Crippen LogP contribution >= 0.6 is 0 Å². The second-order valence-electron chi connectivity index (χ2n) is 6.04. The van der Waals surface area contributed by atoms with Crippen LogP contribution in [0, 0.1) is 11.6 Å². The SMILES string of the molecule is NC1CN(C(=O)CC(N)C2CCc3cc(F)c(F)cc32)C1. The lowest BCUT2D eigenvalue weighted by Crippen LogP contribution is -2.58. The molecule has 21 heavy (non-hydrogen) atoms. The molecular weight excluding hydrogens is 276 g/mol. The zero-order valence-corrected chi connectivity index (χ0v) is 11.7. The van der Waals surface area contributed by atoms with Gasteiger partial charge in [-0.3, -0.25) is 4.79 Å². The fourth-order valence-corrected chi connectivity index (χ4v) is 3.27. The van der Waals surface area contributed by atoms with Crippen LogP contribution in [0.25, 0.3) is 0 Å². The van der Waals surface area contributed by atoms with Crippen LogP contribution < -0.4 is 11.5 Å². The first-order valence-electron chi connectivity index (χ1n) is 7.22. The third-order valence-corrected chi connectivity index (χ3v) is 4.50. The summed E-state index contributed by atoms with van der Waals surface area (Å²) < 4.78 is 26.6. The molecule has 3 rings (SSSR count). The topological polar surface area (TPSA) is 72.3 Å². The second-order valence-corrected chi connectivity index (χ2v) is 6.04. The van der Waals surface area contributed by atoms with Gasteiger partial charge in [-0.15, -0.1) is 0 Å². The smallest absolute Gasteiger partial charge is 0.224 e. The molecule has 0 saturated carbocycles. The number of halogens is 2. The van der Waals surface area contributed by atoms with Crippen LogP contribution in [0.3, 0.4) is 0 Å². The van der Waals surface area contributed by atoms with E-state index in [-0.39, 0.29) is 30.3 Å². The third-order valence-electron chi connectivity index (χ3n) is 4.50. The van der Waals surface area contributed by atoms with Crippen LogP contribution in [-0.2, 0) is 11.2 Å². The number of hydrogen-bond acceptors (Lipinski definition) is 3. The Morgan fingerprint density at radius 2 is 2.00 bits per heavy atom. The molecule has 0 radical (unpaired) electrons. The van der Waals surface area contributed by atoms with Gasteiger partial charge in [0.05, 0.1) is 0 Å². The molecule has 1 aromatic rings. The van der Waals surface area contributed by atoms with E-state index in [9.17, 15) is 13.6 Å². The minimum Gasteiger partial charge on any atom is -0.339 e. The zero-order valence-electron chi connectivity index (χ0n) is 11.7. The average molecular weight is 295 g/mol. The number of aryl methyl sites for hydroxylation is 1. The van der Waals surface area contributed by atoms with Crippen LogP contribution in [0.15, 0.2) is 12.1 Å². The lowest BCUT2D eigenvalue weighted by atomic mass is 9.91. The number of hydrogen-bond donors (Lipinski definition) is 2. The molecule has 6 heteroatoms. The van der Waals surface area contributed by atoms with Gasteiger partial charge in [-0.1, -0.05) is 0 Å². The second kappa shape index (κ2) is 5.35. The summed E-state index contributed by atoms with van der Waals surface area (Å²) in [5.74, 6) is -1.78. The van der Waals surface area contributed by atoms with E-state index in [0.29, 0.717) is 19.5 Å². The highest BCUT2D eigenvalue weighted by molar-refractivity contribution is 5.78. The fraction of sp³-hybridized carbons (Fsp3) is 0.533. The van der Waals surface area contributed by atoms with Crippen LogP contribution in [0.1, 0.15) is 29.9 Å². The number of carbonyl (C=O) groups excluding carboxylic acids is 1. The van der Waals surface area contributed by atoms with Gasteiger partial charge in [0, 0.05) is 37.5 Å². The molecule has 4 nitrogen and oxygen atoms in total. The number of amides is 1. The summed E-state index contributed by atoms with van der Waals surface area (Å²) in [6, 6.07) is 2.16. The number of fused-ring (bicyclic) bond motifs is 1. The number of benzene rings is 1. The molecule has 1 fully saturated rings. The summed E-state index contributed by atoms with van der Waals surface area (Å²) >= 11 is 0. The van der Waals surface area contributed by atoms with Crippen molar-refractivity contribution in [2.75, 3.05) is 13.1 Å². The predicted octanol–water partition coefficient (Wildman–Crippen LogP) is 0.881. The van der Waals surface area contributed by atoms with Gasteiger partial charge in [0.1, 0.15) is 0 Å². The van der Waals surface area contributed by atoms with Crippen LogP contribution in [0.5, 0.6) is 0 Å².